The van der Waals surface area contributed by atoms with Crippen molar-refractivity contribution in [2.45, 2.75) is 11.4 Å². The highest BCUT2D eigenvalue weighted by molar-refractivity contribution is 7.89. The molecule has 2 aromatic carbocycles. The van der Waals surface area contributed by atoms with Crippen LogP contribution in [0, 0.1) is 0 Å². The molecule has 0 unspecified atom stereocenters. The number of esters is 1. The first kappa shape index (κ1) is 23.7. The molecule has 0 saturated heterocycles. The summed E-state index contributed by atoms with van der Waals surface area (Å²) < 4.78 is 32.5. The predicted molar refractivity (Wildman–Crippen MR) is 120 cm³/mol. The van der Waals surface area contributed by atoms with Crippen molar-refractivity contribution in [1.29, 1.82) is 0 Å². The van der Waals surface area contributed by atoms with Crippen LogP contribution < -0.4 is 10.0 Å². The third kappa shape index (κ3) is 6.51. The molecule has 11 heteroatoms. The van der Waals surface area contributed by atoms with Crippen LogP contribution in [0.5, 0.6) is 0 Å². The lowest BCUT2D eigenvalue weighted by molar-refractivity contribution is -0.119. The number of anilines is 1. The SMILES string of the molecule is O=C(COC(=O)c1cccc(S(=O)(=O)NCc2ccccc2)c1)Nc1ncc(Cl)cc1Cl. The highest BCUT2D eigenvalue weighted by atomic mass is 35.5. The number of halogens is 2. The maximum Gasteiger partial charge on any atom is 0.338 e. The number of aromatic nitrogens is 1. The highest BCUT2D eigenvalue weighted by Crippen LogP contribution is 2.22. The fourth-order valence-electron chi connectivity index (χ4n) is 2.54. The fraction of sp³-hybridized carbons (Fsp3) is 0.0952. The van der Waals surface area contributed by atoms with Crippen LogP contribution in [0.15, 0.2) is 71.8 Å². The van der Waals surface area contributed by atoms with Gasteiger partial charge in [-0.15, -0.1) is 0 Å². The van der Waals surface area contributed by atoms with E-state index in [9.17, 15) is 18.0 Å². The molecule has 0 saturated carbocycles. The maximum atomic E-state index is 12.5. The van der Waals surface area contributed by atoms with Gasteiger partial charge in [0.1, 0.15) is 0 Å². The Morgan fingerprint density at radius 2 is 1.75 bits per heavy atom. The number of carbonyl (C=O) groups excluding carboxylic acids is 2. The zero-order valence-corrected chi connectivity index (χ0v) is 18.7. The third-order valence-electron chi connectivity index (χ3n) is 4.09. The summed E-state index contributed by atoms with van der Waals surface area (Å²) >= 11 is 11.7. The first-order valence-corrected chi connectivity index (χ1v) is 11.4. The molecule has 1 aromatic heterocycles. The molecule has 0 bridgehead atoms. The normalized spacial score (nSPS) is 11.1. The van der Waals surface area contributed by atoms with Gasteiger partial charge in [0.15, 0.2) is 12.4 Å². The minimum atomic E-state index is -3.87. The van der Waals surface area contributed by atoms with Crippen LogP contribution in [0.4, 0.5) is 5.82 Å². The number of ether oxygens (including phenoxy) is 1. The van der Waals surface area contributed by atoms with Gasteiger partial charge in [-0.2, -0.15) is 0 Å². The summed E-state index contributed by atoms with van der Waals surface area (Å²) in [6.45, 7) is -0.526. The van der Waals surface area contributed by atoms with E-state index in [1.165, 1.54) is 36.5 Å². The second kappa shape index (κ2) is 10.6. The summed E-state index contributed by atoms with van der Waals surface area (Å²) in [5, 5.41) is 2.81. The number of sulfonamides is 1. The van der Waals surface area contributed by atoms with E-state index in [1.807, 2.05) is 6.07 Å². The van der Waals surface area contributed by atoms with Gasteiger partial charge in [-0.1, -0.05) is 59.6 Å². The minimum absolute atomic E-state index is 0.0250. The van der Waals surface area contributed by atoms with Crippen molar-refractivity contribution >= 4 is 50.9 Å². The zero-order valence-electron chi connectivity index (χ0n) is 16.4. The van der Waals surface area contributed by atoms with E-state index < -0.39 is 28.5 Å². The molecule has 166 valence electrons. The van der Waals surface area contributed by atoms with Crippen molar-refractivity contribution < 1.29 is 22.7 Å². The van der Waals surface area contributed by atoms with Crippen molar-refractivity contribution in [2.75, 3.05) is 11.9 Å². The summed E-state index contributed by atoms with van der Waals surface area (Å²) in [6.07, 6.45) is 1.30. The number of amides is 1. The number of pyridine rings is 1. The Morgan fingerprint density at radius 3 is 2.47 bits per heavy atom. The molecule has 0 aliphatic heterocycles. The highest BCUT2D eigenvalue weighted by Gasteiger charge is 2.18. The van der Waals surface area contributed by atoms with E-state index in [0.717, 1.165) is 5.56 Å². The van der Waals surface area contributed by atoms with E-state index in [1.54, 1.807) is 24.3 Å². The lowest BCUT2D eigenvalue weighted by Gasteiger charge is -2.09. The van der Waals surface area contributed by atoms with Crippen molar-refractivity contribution in [3.8, 4) is 0 Å². The van der Waals surface area contributed by atoms with Gasteiger partial charge in [-0.3, -0.25) is 4.79 Å². The molecule has 1 heterocycles. The largest absolute Gasteiger partial charge is 0.452 e. The molecule has 0 aliphatic rings. The number of nitrogens with one attached hydrogen (secondary N) is 2. The molecule has 32 heavy (non-hydrogen) atoms. The Morgan fingerprint density at radius 1 is 1.00 bits per heavy atom. The van der Waals surface area contributed by atoms with Crippen LogP contribution in [-0.4, -0.2) is 31.9 Å². The number of carbonyl (C=O) groups is 2. The van der Waals surface area contributed by atoms with Crippen LogP contribution in [0.25, 0.3) is 0 Å². The molecule has 0 aliphatic carbocycles. The van der Waals surface area contributed by atoms with Gasteiger partial charge in [0.25, 0.3) is 5.91 Å². The quantitative estimate of drug-likeness (QED) is 0.462. The maximum absolute atomic E-state index is 12.5. The average Bonchev–Trinajstić information content (AvgIpc) is 2.79. The smallest absolute Gasteiger partial charge is 0.338 e. The van der Waals surface area contributed by atoms with Gasteiger partial charge in [0.2, 0.25) is 10.0 Å². The molecule has 0 atom stereocenters. The number of nitrogens with zero attached hydrogens (tertiary/aromatic N) is 1. The minimum Gasteiger partial charge on any atom is -0.452 e. The average molecular weight is 494 g/mol. The van der Waals surface area contributed by atoms with E-state index in [0.29, 0.717) is 5.02 Å². The monoisotopic (exact) mass is 493 g/mol. The van der Waals surface area contributed by atoms with Gasteiger partial charge in [0.05, 0.1) is 20.5 Å². The Bertz CT molecular complexity index is 1240. The number of benzene rings is 2. The van der Waals surface area contributed by atoms with Crippen LogP contribution in [0.3, 0.4) is 0 Å². The summed E-state index contributed by atoms with van der Waals surface area (Å²) in [5.41, 5.74) is 0.760. The molecule has 8 nitrogen and oxygen atoms in total. The summed E-state index contributed by atoms with van der Waals surface area (Å²) in [4.78, 5) is 28.1. The summed E-state index contributed by atoms with van der Waals surface area (Å²) in [6, 6.07) is 15.7. The van der Waals surface area contributed by atoms with Gasteiger partial charge >= 0.3 is 5.97 Å². The summed E-state index contributed by atoms with van der Waals surface area (Å²) in [7, 11) is -3.87. The van der Waals surface area contributed by atoms with Gasteiger partial charge in [-0.05, 0) is 29.8 Å². The fourth-order valence-corrected chi connectivity index (χ4v) is 4.03. The van der Waals surface area contributed by atoms with E-state index >= 15 is 0 Å². The van der Waals surface area contributed by atoms with Gasteiger partial charge in [-0.25, -0.2) is 22.9 Å². The van der Waals surface area contributed by atoms with Gasteiger partial charge < -0.3 is 10.1 Å². The Kier molecular flexibility index (Phi) is 7.81. The molecule has 3 aromatic rings. The van der Waals surface area contributed by atoms with Gasteiger partial charge in [0, 0.05) is 12.7 Å². The zero-order chi connectivity index (χ0) is 23.1. The number of hydrogen-bond donors (Lipinski definition) is 2. The van der Waals surface area contributed by atoms with Crippen LogP contribution in [0.2, 0.25) is 10.0 Å². The standard InChI is InChI=1S/C21H17Cl2N3O5S/c22-16-10-18(23)20(24-12-16)26-19(27)13-31-21(28)15-7-4-8-17(9-15)32(29,30)25-11-14-5-2-1-3-6-14/h1-10,12,25H,11,13H2,(H,24,26,27). The van der Waals surface area contributed by atoms with Crippen molar-refractivity contribution in [3.05, 3.63) is 88.0 Å². The number of hydrogen-bond acceptors (Lipinski definition) is 6. The Balaban J connectivity index is 1.60. The lowest BCUT2D eigenvalue weighted by atomic mass is 10.2. The van der Waals surface area contributed by atoms with Crippen molar-refractivity contribution in [2.24, 2.45) is 0 Å². The van der Waals surface area contributed by atoms with Crippen LogP contribution in [0.1, 0.15) is 15.9 Å². The molecule has 1 amide bonds. The van der Waals surface area contributed by atoms with E-state index in [-0.39, 0.29) is 27.8 Å². The molecule has 2 N–H and O–H groups in total. The molecular weight excluding hydrogens is 477 g/mol. The first-order chi connectivity index (χ1) is 15.2. The topological polar surface area (TPSA) is 114 Å². The Labute approximate surface area is 194 Å². The van der Waals surface area contributed by atoms with E-state index in [2.05, 4.69) is 15.0 Å². The second-order valence-electron chi connectivity index (χ2n) is 6.45. The molecule has 0 fully saturated rings. The van der Waals surface area contributed by atoms with Crippen molar-refractivity contribution in [3.63, 3.8) is 0 Å². The molecule has 0 radical (unpaired) electrons. The Hall–Kier alpha value is -2.98. The summed E-state index contributed by atoms with van der Waals surface area (Å²) in [5.74, 6) is -1.48. The first-order valence-electron chi connectivity index (χ1n) is 9.16. The molecule has 3 rings (SSSR count). The predicted octanol–water partition coefficient (Wildman–Crippen LogP) is 3.66. The third-order valence-corrected chi connectivity index (χ3v) is 5.98. The molecular formula is C21H17Cl2N3O5S. The number of rotatable bonds is 8. The van der Waals surface area contributed by atoms with Crippen LogP contribution >= 0.6 is 23.2 Å². The van der Waals surface area contributed by atoms with E-state index in [4.69, 9.17) is 27.9 Å². The second-order valence-corrected chi connectivity index (χ2v) is 9.06. The molecule has 0 spiro atoms. The van der Waals surface area contributed by atoms with Crippen LogP contribution in [-0.2, 0) is 26.1 Å². The lowest BCUT2D eigenvalue weighted by Crippen LogP contribution is -2.24. The van der Waals surface area contributed by atoms with Crippen molar-refractivity contribution in [1.82, 2.24) is 9.71 Å².